The van der Waals surface area contributed by atoms with E-state index in [1.54, 1.807) is 17.0 Å². The summed E-state index contributed by atoms with van der Waals surface area (Å²) in [6.45, 7) is 6.44. The molecule has 6 nitrogen and oxygen atoms in total. The third-order valence-corrected chi connectivity index (χ3v) is 7.18. The minimum atomic E-state index is -0.0904. The second kappa shape index (κ2) is 12.0. The number of nitrogens with zero attached hydrogens (tertiary/aromatic N) is 3. The number of morpholine rings is 1. The van der Waals surface area contributed by atoms with E-state index in [0.29, 0.717) is 28.0 Å². The van der Waals surface area contributed by atoms with E-state index in [2.05, 4.69) is 4.90 Å². The Labute approximate surface area is 225 Å². The Balaban J connectivity index is 0.00000304. The molecule has 0 spiro atoms. The van der Waals surface area contributed by atoms with E-state index in [1.165, 1.54) is 11.3 Å². The normalized spacial score (nSPS) is 13.8. The van der Waals surface area contributed by atoms with Gasteiger partial charge in [0.1, 0.15) is 11.5 Å². The molecular weight excluding hydrogens is 517 g/mol. The van der Waals surface area contributed by atoms with Gasteiger partial charge in [-0.15, -0.1) is 12.4 Å². The summed E-state index contributed by atoms with van der Waals surface area (Å²) in [7, 11) is 0. The van der Waals surface area contributed by atoms with Gasteiger partial charge in [-0.2, -0.15) is 0 Å². The minimum absolute atomic E-state index is 0. The molecule has 3 aromatic carbocycles. The number of aryl methyl sites for hydroxylation is 1. The van der Waals surface area contributed by atoms with Crippen molar-refractivity contribution in [1.29, 1.82) is 0 Å². The second-order valence-electron chi connectivity index (χ2n) is 8.42. The van der Waals surface area contributed by atoms with E-state index in [-0.39, 0.29) is 18.3 Å². The van der Waals surface area contributed by atoms with Gasteiger partial charge in [0.15, 0.2) is 5.13 Å². The van der Waals surface area contributed by atoms with Crippen molar-refractivity contribution in [1.82, 2.24) is 9.88 Å². The molecular formula is C27H27Cl2N3O3S. The zero-order chi connectivity index (χ0) is 24.2. The highest BCUT2D eigenvalue weighted by Crippen LogP contribution is 2.34. The van der Waals surface area contributed by atoms with E-state index >= 15 is 0 Å². The smallest absolute Gasteiger partial charge is 0.260 e. The van der Waals surface area contributed by atoms with E-state index in [9.17, 15) is 4.79 Å². The third kappa shape index (κ3) is 6.17. The number of hydrogen-bond donors (Lipinski definition) is 0. The van der Waals surface area contributed by atoms with Crippen LogP contribution in [0.25, 0.3) is 10.2 Å². The van der Waals surface area contributed by atoms with E-state index < -0.39 is 0 Å². The van der Waals surface area contributed by atoms with Gasteiger partial charge in [-0.05, 0) is 61.0 Å². The number of benzene rings is 3. The van der Waals surface area contributed by atoms with Crippen LogP contribution in [0.5, 0.6) is 11.5 Å². The van der Waals surface area contributed by atoms with Gasteiger partial charge in [-0.25, -0.2) is 4.98 Å². The molecule has 4 aromatic rings. The molecule has 1 saturated heterocycles. The van der Waals surface area contributed by atoms with Crippen molar-refractivity contribution in [2.24, 2.45) is 0 Å². The molecule has 1 fully saturated rings. The third-order valence-electron chi connectivity index (χ3n) is 5.94. The van der Waals surface area contributed by atoms with Crippen LogP contribution >= 0.6 is 35.3 Å². The fourth-order valence-electron chi connectivity index (χ4n) is 4.05. The number of ether oxygens (including phenoxy) is 2. The van der Waals surface area contributed by atoms with Crippen LogP contribution in [0.1, 0.15) is 15.9 Å². The Hall–Kier alpha value is -2.68. The molecule has 0 N–H and O–H groups in total. The summed E-state index contributed by atoms with van der Waals surface area (Å²) < 4.78 is 12.3. The zero-order valence-electron chi connectivity index (χ0n) is 19.9. The maximum Gasteiger partial charge on any atom is 0.260 e. The van der Waals surface area contributed by atoms with Gasteiger partial charge in [0.25, 0.3) is 5.91 Å². The lowest BCUT2D eigenvalue weighted by Crippen LogP contribution is -2.43. The average Bonchev–Trinajstić information content (AvgIpc) is 3.30. The number of carbonyl (C=O) groups is 1. The number of hydrogen-bond acceptors (Lipinski definition) is 6. The Morgan fingerprint density at radius 2 is 1.78 bits per heavy atom. The van der Waals surface area contributed by atoms with Crippen molar-refractivity contribution in [3.8, 4) is 11.5 Å². The molecule has 9 heteroatoms. The predicted molar refractivity (Wildman–Crippen MR) is 149 cm³/mol. The van der Waals surface area contributed by atoms with Crippen molar-refractivity contribution in [3.63, 3.8) is 0 Å². The average molecular weight is 545 g/mol. The van der Waals surface area contributed by atoms with Gasteiger partial charge in [-0.3, -0.25) is 14.6 Å². The fraction of sp³-hybridized carbons (Fsp3) is 0.259. The lowest BCUT2D eigenvalue weighted by Gasteiger charge is -2.29. The lowest BCUT2D eigenvalue weighted by molar-refractivity contribution is 0.0391. The molecule has 0 aliphatic carbocycles. The standard InChI is InChI=1S/C27H26ClN3O3S.ClH/c1-19-17-21(28)18-24-25(19)29-27(35-24)31(12-11-30-13-15-33-16-14-30)26(32)20-7-9-23(10-8-20)34-22-5-3-2-4-6-22;/h2-10,17-18H,11-16H2,1H3;1H. The zero-order valence-corrected chi connectivity index (χ0v) is 22.2. The summed E-state index contributed by atoms with van der Waals surface area (Å²) >= 11 is 7.76. The molecule has 0 radical (unpaired) electrons. The molecule has 2 heterocycles. The van der Waals surface area contributed by atoms with Gasteiger partial charge in [0, 0.05) is 36.8 Å². The number of halogens is 2. The number of amides is 1. The lowest BCUT2D eigenvalue weighted by atomic mass is 10.2. The second-order valence-corrected chi connectivity index (χ2v) is 9.86. The first-order chi connectivity index (χ1) is 17.1. The molecule has 1 aromatic heterocycles. The van der Waals surface area contributed by atoms with Crippen LogP contribution in [0.4, 0.5) is 5.13 Å². The Bertz CT molecular complexity index is 1310. The SMILES string of the molecule is Cc1cc(Cl)cc2sc(N(CCN3CCOCC3)C(=O)c3ccc(Oc4ccccc4)cc3)nc12.Cl. The first-order valence-corrected chi connectivity index (χ1v) is 12.8. The van der Waals surface area contributed by atoms with Gasteiger partial charge < -0.3 is 9.47 Å². The maximum absolute atomic E-state index is 13.7. The number of fused-ring (bicyclic) bond motifs is 1. The molecule has 0 bridgehead atoms. The van der Waals surface area contributed by atoms with E-state index in [4.69, 9.17) is 26.1 Å². The first kappa shape index (κ1) is 26.4. The summed E-state index contributed by atoms with van der Waals surface area (Å²) in [5.74, 6) is 1.34. The highest BCUT2D eigenvalue weighted by Gasteiger charge is 2.23. The van der Waals surface area contributed by atoms with Crippen LogP contribution in [0, 0.1) is 6.92 Å². The Morgan fingerprint density at radius 1 is 1.08 bits per heavy atom. The van der Waals surface area contributed by atoms with Crippen molar-refractivity contribution < 1.29 is 14.3 Å². The van der Waals surface area contributed by atoms with Crippen molar-refractivity contribution in [2.75, 3.05) is 44.3 Å². The molecule has 188 valence electrons. The van der Waals surface area contributed by atoms with Gasteiger partial charge in [-0.1, -0.05) is 41.1 Å². The van der Waals surface area contributed by atoms with Gasteiger partial charge in [0.2, 0.25) is 0 Å². The van der Waals surface area contributed by atoms with Crippen LogP contribution in [-0.2, 0) is 4.74 Å². The van der Waals surface area contributed by atoms with E-state index in [1.807, 2.05) is 61.5 Å². The number of rotatable bonds is 7. The number of thiazole rings is 1. The fourth-order valence-corrected chi connectivity index (χ4v) is 5.50. The number of aromatic nitrogens is 1. The summed E-state index contributed by atoms with van der Waals surface area (Å²) in [6.07, 6.45) is 0. The molecule has 1 amide bonds. The first-order valence-electron chi connectivity index (χ1n) is 11.6. The van der Waals surface area contributed by atoms with Crippen molar-refractivity contribution in [2.45, 2.75) is 6.92 Å². The molecule has 0 saturated carbocycles. The molecule has 1 aliphatic rings. The highest BCUT2D eigenvalue weighted by molar-refractivity contribution is 7.22. The summed E-state index contributed by atoms with van der Waals surface area (Å²) in [6, 6.07) is 20.6. The topological polar surface area (TPSA) is 54.9 Å². The van der Waals surface area contributed by atoms with Crippen molar-refractivity contribution in [3.05, 3.63) is 82.9 Å². The number of anilines is 1. The minimum Gasteiger partial charge on any atom is -0.457 e. The summed E-state index contributed by atoms with van der Waals surface area (Å²) in [5, 5.41) is 1.35. The number of carbonyl (C=O) groups excluding carboxylic acids is 1. The Kier molecular flexibility index (Phi) is 8.82. The summed E-state index contributed by atoms with van der Waals surface area (Å²) in [4.78, 5) is 22.6. The molecule has 0 atom stereocenters. The van der Waals surface area contributed by atoms with Crippen LogP contribution in [0.3, 0.4) is 0 Å². The monoisotopic (exact) mass is 543 g/mol. The molecule has 0 unspecified atom stereocenters. The van der Waals surface area contributed by atoms with Gasteiger partial charge >= 0.3 is 0 Å². The van der Waals surface area contributed by atoms with Crippen molar-refractivity contribution >= 4 is 56.6 Å². The molecule has 1 aliphatic heterocycles. The largest absolute Gasteiger partial charge is 0.457 e. The molecule has 5 rings (SSSR count). The predicted octanol–water partition coefficient (Wildman–Crippen LogP) is 6.45. The molecule has 36 heavy (non-hydrogen) atoms. The highest BCUT2D eigenvalue weighted by atomic mass is 35.5. The van der Waals surface area contributed by atoms with Crippen LogP contribution < -0.4 is 9.64 Å². The van der Waals surface area contributed by atoms with Gasteiger partial charge in [0.05, 0.1) is 23.4 Å². The maximum atomic E-state index is 13.7. The Morgan fingerprint density at radius 3 is 2.50 bits per heavy atom. The van der Waals surface area contributed by atoms with Crippen LogP contribution in [0.15, 0.2) is 66.7 Å². The summed E-state index contributed by atoms with van der Waals surface area (Å²) in [5.41, 5.74) is 2.46. The quantitative estimate of drug-likeness (QED) is 0.268. The van der Waals surface area contributed by atoms with E-state index in [0.717, 1.165) is 54.4 Å². The van der Waals surface area contributed by atoms with Crippen LogP contribution in [0.2, 0.25) is 5.02 Å². The number of para-hydroxylation sites is 1. The van der Waals surface area contributed by atoms with Crippen LogP contribution in [-0.4, -0.2) is 55.2 Å².